The molecule has 2 N–H and O–H groups in total. The van der Waals surface area contributed by atoms with Crippen molar-refractivity contribution in [3.05, 3.63) is 53.6 Å². The molecule has 1 aliphatic rings. The Morgan fingerprint density at radius 2 is 1.62 bits per heavy atom. The summed E-state index contributed by atoms with van der Waals surface area (Å²) in [5.74, 6) is 1.53. The molecule has 0 fully saturated rings. The molecule has 2 heterocycles. The predicted molar refractivity (Wildman–Crippen MR) is 65.0 cm³/mol. The van der Waals surface area contributed by atoms with E-state index in [1.54, 1.807) is 0 Å². The fourth-order valence-corrected chi connectivity index (χ4v) is 2.11. The Balaban J connectivity index is 1.91. The van der Waals surface area contributed by atoms with Crippen LogP contribution in [0.5, 0.6) is 0 Å². The summed E-state index contributed by atoms with van der Waals surface area (Å²) in [7, 11) is 0. The average Bonchev–Trinajstić information content (AvgIpc) is 2.72. The van der Waals surface area contributed by atoms with Gasteiger partial charge in [0, 0.05) is 13.1 Å². The van der Waals surface area contributed by atoms with Crippen LogP contribution in [0.4, 0.5) is 11.6 Å². The first-order valence-electron chi connectivity index (χ1n) is 5.37. The highest BCUT2D eigenvalue weighted by atomic mass is 15.2. The van der Waals surface area contributed by atoms with Gasteiger partial charge in [-0.3, -0.25) is 0 Å². The molecule has 0 aliphatic carbocycles. The summed E-state index contributed by atoms with van der Waals surface area (Å²) in [4.78, 5) is 6.58. The fourth-order valence-electron chi connectivity index (χ4n) is 2.11. The van der Waals surface area contributed by atoms with Crippen LogP contribution in [0.15, 0.2) is 42.5 Å². The Morgan fingerprint density at radius 3 is 2.25 bits per heavy atom. The van der Waals surface area contributed by atoms with Gasteiger partial charge in [-0.15, -0.1) is 0 Å². The lowest BCUT2D eigenvalue weighted by Gasteiger charge is -2.16. The highest BCUT2D eigenvalue weighted by Crippen LogP contribution is 2.26. The topological polar surface area (TPSA) is 42.1 Å². The van der Waals surface area contributed by atoms with Crippen LogP contribution in [0.3, 0.4) is 0 Å². The van der Waals surface area contributed by atoms with Crippen LogP contribution in [0.25, 0.3) is 0 Å². The lowest BCUT2D eigenvalue weighted by molar-refractivity contribution is 0.858. The number of nitrogen functional groups attached to an aromatic ring is 1. The van der Waals surface area contributed by atoms with Crippen molar-refractivity contribution in [2.45, 2.75) is 13.1 Å². The molecule has 16 heavy (non-hydrogen) atoms. The van der Waals surface area contributed by atoms with Gasteiger partial charge < -0.3 is 10.6 Å². The Kier molecular flexibility index (Phi) is 2.03. The largest absolute Gasteiger partial charge is 0.384 e. The molecular formula is C13H13N3. The zero-order chi connectivity index (χ0) is 11.0. The summed E-state index contributed by atoms with van der Waals surface area (Å²) in [5.41, 5.74) is 8.46. The average molecular weight is 211 g/mol. The Hall–Kier alpha value is -2.03. The van der Waals surface area contributed by atoms with Crippen LogP contribution < -0.4 is 10.6 Å². The summed E-state index contributed by atoms with van der Waals surface area (Å²) in [6, 6.07) is 14.3. The molecule has 2 aromatic rings. The summed E-state index contributed by atoms with van der Waals surface area (Å²) < 4.78 is 0. The first-order valence-corrected chi connectivity index (χ1v) is 5.37. The Bertz CT molecular complexity index is 497. The van der Waals surface area contributed by atoms with Crippen molar-refractivity contribution in [2.75, 3.05) is 10.6 Å². The molecule has 0 atom stereocenters. The summed E-state index contributed by atoms with van der Waals surface area (Å²) in [6.45, 7) is 1.85. The van der Waals surface area contributed by atoms with Gasteiger partial charge in [0.25, 0.3) is 0 Å². The summed E-state index contributed by atoms with van der Waals surface area (Å²) in [6.07, 6.45) is 0. The summed E-state index contributed by atoms with van der Waals surface area (Å²) in [5, 5.41) is 0. The molecule has 0 amide bonds. The maximum atomic E-state index is 5.69. The van der Waals surface area contributed by atoms with Crippen LogP contribution in [0.2, 0.25) is 0 Å². The number of hydrogen-bond donors (Lipinski definition) is 1. The van der Waals surface area contributed by atoms with E-state index in [0.29, 0.717) is 5.82 Å². The maximum Gasteiger partial charge on any atom is 0.131 e. The van der Waals surface area contributed by atoms with Gasteiger partial charge in [-0.05, 0) is 23.3 Å². The molecule has 3 rings (SSSR count). The van der Waals surface area contributed by atoms with Gasteiger partial charge in [0.2, 0.25) is 0 Å². The number of rotatable bonds is 1. The van der Waals surface area contributed by atoms with E-state index in [9.17, 15) is 0 Å². The number of pyridine rings is 1. The minimum atomic E-state index is 0.577. The normalized spacial score (nSPS) is 13.9. The Morgan fingerprint density at radius 1 is 0.938 bits per heavy atom. The van der Waals surface area contributed by atoms with Crippen molar-refractivity contribution in [1.82, 2.24) is 4.98 Å². The predicted octanol–water partition coefficient (Wildman–Crippen LogP) is 2.18. The quantitative estimate of drug-likeness (QED) is 0.786. The molecule has 1 aromatic heterocycles. The molecule has 0 radical (unpaired) electrons. The van der Waals surface area contributed by atoms with Crippen LogP contribution in [0, 0.1) is 0 Å². The number of fused-ring (bicyclic) bond motifs is 1. The molecule has 3 heteroatoms. The van der Waals surface area contributed by atoms with Gasteiger partial charge in [0.15, 0.2) is 0 Å². The van der Waals surface area contributed by atoms with E-state index in [1.807, 2.05) is 18.2 Å². The third kappa shape index (κ3) is 1.50. The molecule has 0 saturated carbocycles. The van der Waals surface area contributed by atoms with Crippen molar-refractivity contribution < 1.29 is 0 Å². The molecule has 1 aromatic carbocycles. The SMILES string of the molecule is Nc1cccc(N2Cc3ccccc3C2)n1. The van der Waals surface area contributed by atoms with Gasteiger partial charge in [-0.25, -0.2) is 4.98 Å². The van der Waals surface area contributed by atoms with E-state index in [4.69, 9.17) is 5.73 Å². The van der Waals surface area contributed by atoms with Crippen molar-refractivity contribution in [3.8, 4) is 0 Å². The molecule has 80 valence electrons. The van der Waals surface area contributed by atoms with Crippen LogP contribution in [0.1, 0.15) is 11.1 Å². The number of hydrogen-bond acceptors (Lipinski definition) is 3. The van der Waals surface area contributed by atoms with Gasteiger partial charge in [-0.1, -0.05) is 30.3 Å². The standard InChI is InChI=1S/C13H13N3/c14-12-6-3-7-13(15-12)16-8-10-4-1-2-5-11(10)9-16/h1-7H,8-9H2,(H2,14,15). The van der Waals surface area contributed by atoms with Crippen molar-refractivity contribution >= 4 is 11.6 Å². The Labute approximate surface area is 94.5 Å². The monoisotopic (exact) mass is 211 g/mol. The lowest BCUT2D eigenvalue weighted by Crippen LogP contribution is -2.16. The molecular weight excluding hydrogens is 198 g/mol. The zero-order valence-corrected chi connectivity index (χ0v) is 8.93. The second-order valence-corrected chi connectivity index (χ2v) is 4.05. The van der Waals surface area contributed by atoms with Crippen molar-refractivity contribution in [3.63, 3.8) is 0 Å². The maximum absolute atomic E-state index is 5.69. The van der Waals surface area contributed by atoms with Crippen LogP contribution >= 0.6 is 0 Å². The van der Waals surface area contributed by atoms with Crippen molar-refractivity contribution in [2.24, 2.45) is 0 Å². The minimum Gasteiger partial charge on any atom is -0.384 e. The molecule has 0 saturated heterocycles. The summed E-state index contributed by atoms with van der Waals surface area (Å²) >= 11 is 0. The highest BCUT2D eigenvalue weighted by molar-refractivity contribution is 5.49. The minimum absolute atomic E-state index is 0.577. The van der Waals surface area contributed by atoms with Gasteiger partial charge in [0.05, 0.1) is 0 Å². The number of nitrogens with two attached hydrogens (primary N) is 1. The molecule has 0 unspecified atom stereocenters. The van der Waals surface area contributed by atoms with Crippen molar-refractivity contribution in [1.29, 1.82) is 0 Å². The lowest BCUT2D eigenvalue weighted by atomic mass is 10.1. The van der Waals surface area contributed by atoms with E-state index >= 15 is 0 Å². The highest BCUT2D eigenvalue weighted by Gasteiger charge is 2.19. The van der Waals surface area contributed by atoms with Gasteiger partial charge >= 0.3 is 0 Å². The second kappa shape index (κ2) is 3.52. The van der Waals surface area contributed by atoms with Crippen LogP contribution in [-0.4, -0.2) is 4.98 Å². The van der Waals surface area contributed by atoms with E-state index < -0.39 is 0 Å². The molecule has 0 bridgehead atoms. The smallest absolute Gasteiger partial charge is 0.131 e. The number of aromatic nitrogens is 1. The number of anilines is 2. The molecule has 3 nitrogen and oxygen atoms in total. The van der Waals surface area contributed by atoms with E-state index in [1.165, 1.54) is 11.1 Å². The first-order chi connectivity index (χ1) is 7.83. The van der Waals surface area contributed by atoms with Crippen LogP contribution in [-0.2, 0) is 13.1 Å². The second-order valence-electron chi connectivity index (χ2n) is 4.05. The first kappa shape index (κ1) is 9.21. The molecule has 1 aliphatic heterocycles. The fraction of sp³-hybridized carbons (Fsp3) is 0.154. The van der Waals surface area contributed by atoms with Gasteiger partial charge in [-0.2, -0.15) is 0 Å². The third-order valence-corrected chi connectivity index (χ3v) is 2.92. The number of nitrogens with zero attached hydrogens (tertiary/aromatic N) is 2. The van der Waals surface area contributed by atoms with E-state index in [0.717, 1.165) is 18.9 Å². The molecule has 0 spiro atoms. The van der Waals surface area contributed by atoms with E-state index in [-0.39, 0.29) is 0 Å². The van der Waals surface area contributed by atoms with Gasteiger partial charge in [0.1, 0.15) is 11.6 Å². The third-order valence-electron chi connectivity index (χ3n) is 2.92. The number of benzene rings is 1. The van der Waals surface area contributed by atoms with E-state index in [2.05, 4.69) is 34.1 Å². The zero-order valence-electron chi connectivity index (χ0n) is 8.93.